The van der Waals surface area contributed by atoms with Gasteiger partial charge in [-0.25, -0.2) is 0 Å². The Morgan fingerprint density at radius 3 is 2.79 bits per heavy atom. The summed E-state index contributed by atoms with van der Waals surface area (Å²) in [6.07, 6.45) is 0. The summed E-state index contributed by atoms with van der Waals surface area (Å²) >= 11 is 6.64. The van der Waals surface area contributed by atoms with E-state index in [4.69, 9.17) is 15.7 Å². The highest BCUT2D eigenvalue weighted by molar-refractivity contribution is 9.11. The van der Waals surface area contributed by atoms with Gasteiger partial charge in [0, 0.05) is 4.47 Å². The van der Waals surface area contributed by atoms with Gasteiger partial charge in [0.15, 0.2) is 5.84 Å². The Balaban J connectivity index is 2.68. The molecule has 1 aromatic carbocycles. The van der Waals surface area contributed by atoms with Gasteiger partial charge < -0.3 is 15.7 Å². The second kappa shape index (κ2) is 5.21. The Morgan fingerprint density at radius 1 is 1.50 bits per heavy atom. The molecular formula is C8H8Br2N2O2. The zero-order valence-electron chi connectivity index (χ0n) is 7.08. The van der Waals surface area contributed by atoms with E-state index in [-0.39, 0.29) is 12.4 Å². The number of hydrogen-bond donors (Lipinski definition) is 2. The monoisotopic (exact) mass is 322 g/mol. The number of rotatable bonds is 3. The molecule has 0 heterocycles. The van der Waals surface area contributed by atoms with E-state index in [1.165, 1.54) is 0 Å². The van der Waals surface area contributed by atoms with Crippen molar-refractivity contribution in [2.24, 2.45) is 10.9 Å². The predicted molar refractivity (Wildman–Crippen MR) is 60.7 cm³/mol. The molecule has 1 aromatic rings. The van der Waals surface area contributed by atoms with Crippen LogP contribution in [0.4, 0.5) is 0 Å². The molecule has 0 saturated heterocycles. The number of benzene rings is 1. The van der Waals surface area contributed by atoms with Gasteiger partial charge in [-0.1, -0.05) is 21.1 Å². The number of ether oxygens (including phenoxy) is 1. The average molecular weight is 324 g/mol. The van der Waals surface area contributed by atoms with Crippen molar-refractivity contribution in [1.29, 1.82) is 0 Å². The lowest BCUT2D eigenvalue weighted by molar-refractivity contribution is 0.306. The Kier molecular flexibility index (Phi) is 4.21. The summed E-state index contributed by atoms with van der Waals surface area (Å²) in [5.74, 6) is 0.666. The summed E-state index contributed by atoms with van der Waals surface area (Å²) in [4.78, 5) is 0. The van der Waals surface area contributed by atoms with Crippen LogP contribution in [0.2, 0.25) is 0 Å². The van der Waals surface area contributed by atoms with Crippen LogP contribution in [0.3, 0.4) is 0 Å². The van der Waals surface area contributed by atoms with Gasteiger partial charge in [0.2, 0.25) is 0 Å². The summed E-state index contributed by atoms with van der Waals surface area (Å²) in [6, 6.07) is 5.47. The normalized spacial score (nSPS) is 11.4. The summed E-state index contributed by atoms with van der Waals surface area (Å²) in [5.41, 5.74) is 5.25. The first-order valence-corrected chi connectivity index (χ1v) is 5.26. The quantitative estimate of drug-likeness (QED) is 0.388. The van der Waals surface area contributed by atoms with E-state index < -0.39 is 0 Å². The van der Waals surface area contributed by atoms with Gasteiger partial charge in [0.25, 0.3) is 0 Å². The highest BCUT2D eigenvalue weighted by Gasteiger charge is 2.02. The van der Waals surface area contributed by atoms with Crippen molar-refractivity contribution in [2.45, 2.75) is 0 Å². The zero-order chi connectivity index (χ0) is 10.6. The van der Waals surface area contributed by atoms with Gasteiger partial charge in [-0.2, -0.15) is 0 Å². The number of amidine groups is 1. The van der Waals surface area contributed by atoms with Gasteiger partial charge in [-0.05, 0) is 34.1 Å². The lowest BCUT2D eigenvalue weighted by atomic mass is 10.3. The number of oxime groups is 1. The largest absolute Gasteiger partial charge is 0.484 e. The highest BCUT2D eigenvalue weighted by atomic mass is 79.9. The summed E-state index contributed by atoms with van der Waals surface area (Å²) in [7, 11) is 0. The third kappa shape index (κ3) is 3.19. The number of nitrogens with zero attached hydrogens (tertiary/aromatic N) is 1. The van der Waals surface area contributed by atoms with Gasteiger partial charge >= 0.3 is 0 Å². The fourth-order valence-corrected chi connectivity index (χ4v) is 1.93. The molecule has 1 rings (SSSR count). The standard InChI is InChI=1S/C8H8Br2N2O2/c9-5-1-2-7(6(10)3-5)14-4-8(11)12-13/h1-3,13H,4H2,(H2,11,12). The van der Waals surface area contributed by atoms with Crippen LogP contribution in [0.25, 0.3) is 0 Å². The van der Waals surface area contributed by atoms with E-state index in [9.17, 15) is 0 Å². The first kappa shape index (κ1) is 11.3. The smallest absolute Gasteiger partial charge is 0.177 e. The molecular weight excluding hydrogens is 316 g/mol. The van der Waals surface area contributed by atoms with Crippen molar-refractivity contribution < 1.29 is 9.94 Å². The third-order valence-corrected chi connectivity index (χ3v) is 2.51. The van der Waals surface area contributed by atoms with Crippen LogP contribution < -0.4 is 10.5 Å². The first-order valence-electron chi connectivity index (χ1n) is 3.67. The first-order chi connectivity index (χ1) is 6.63. The molecule has 0 aromatic heterocycles. The topological polar surface area (TPSA) is 67.8 Å². The van der Waals surface area contributed by atoms with E-state index in [0.29, 0.717) is 5.75 Å². The molecule has 14 heavy (non-hydrogen) atoms. The van der Waals surface area contributed by atoms with Crippen molar-refractivity contribution in [3.8, 4) is 5.75 Å². The Bertz CT molecular complexity index is 355. The number of halogens is 2. The van der Waals surface area contributed by atoms with E-state index in [2.05, 4.69) is 37.0 Å². The van der Waals surface area contributed by atoms with E-state index >= 15 is 0 Å². The molecule has 0 unspecified atom stereocenters. The maximum absolute atomic E-state index is 8.29. The Hall–Kier alpha value is -0.750. The van der Waals surface area contributed by atoms with Crippen molar-refractivity contribution in [3.63, 3.8) is 0 Å². The second-order valence-corrected chi connectivity index (χ2v) is 4.22. The van der Waals surface area contributed by atoms with E-state index in [1.54, 1.807) is 6.07 Å². The zero-order valence-corrected chi connectivity index (χ0v) is 10.2. The molecule has 4 nitrogen and oxygen atoms in total. The summed E-state index contributed by atoms with van der Waals surface area (Å²) < 4.78 is 7.01. The molecule has 0 aliphatic rings. The van der Waals surface area contributed by atoms with Crippen LogP contribution in [0, 0.1) is 0 Å². The lowest BCUT2D eigenvalue weighted by Gasteiger charge is -2.06. The fraction of sp³-hybridized carbons (Fsp3) is 0.125. The molecule has 0 bridgehead atoms. The van der Waals surface area contributed by atoms with Gasteiger partial charge in [0.1, 0.15) is 12.4 Å². The minimum absolute atomic E-state index is 0.0276. The molecule has 0 fully saturated rings. The van der Waals surface area contributed by atoms with Crippen LogP contribution in [-0.4, -0.2) is 17.6 Å². The number of hydrogen-bond acceptors (Lipinski definition) is 3. The minimum atomic E-state index is 0.0276. The number of nitrogens with two attached hydrogens (primary N) is 1. The molecule has 6 heteroatoms. The summed E-state index contributed by atoms with van der Waals surface area (Å²) in [6.45, 7) is 0.0523. The van der Waals surface area contributed by atoms with Gasteiger partial charge in [-0.15, -0.1) is 0 Å². The van der Waals surface area contributed by atoms with Crippen molar-refractivity contribution in [2.75, 3.05) is 6.61 Å². The molecule has 0 aliphatic carbocycles. The molecule has 3 N–H and O–H groups in total. The molecule has 0 amide bonds. The van der Waals surface area contributed by atoms with Gasteiger partial charge in [0.05, 0.1) is 4.47 Å². The molecule has 0 saturated carbocycles. The fourth-order valence-electron chi connectivity index (χ4n) is 0.773. The van der Waals surface area contributed by atoms with Crippen molar-refractivity contribution >= 4 is 37.7 Å². The summed E-state index contributed by atoms with van der Waals surface area (Å²) in [5, 5.41) is 11.1. The average Bonchev–Trinajstić information content (AvgIpc) is 2.16. The molecule has 0 radical (unpaired) electrons. The maximum atomic E-state index is 8.29. The molecule has 76 valence electrons. The molecule has 0 aliphatic heterocycles. The Morgan fingerprint density at radius 2 is 2.21 bits per heavy atom. The van der Waals surface area contributed by atoms with Crippen LogP contribution in [0.15, 0.2) is 32.3 Å². The molecule has 0 atom stereocenters. The molecule has 0 spiro atoms. The predicted octanol–water partition coefficient (Wildman–Crippen LogP) is 2.34. The second-order valence-electron chi connectivity index (χ2n) is 2.45. The SMILES string of the molecule is N/C(COc1ccc(Br)cc1Br)=N/O. The van der Waals surface area contributed by atoms with Crippen molar-refractivity contribution in [3.05, 3.63) is 27.1 Å². The van der Waals surface area contributed by atoms with Crippen LogP contribution in [-0.2, 0) is 0 Å². The van der Waals surface area contributed by atoms with Crippen LogP contribution in [0.5, 0.6) is 5.75 Å². The minimum Gasteiger partial charge on any atom is -0.484 e. The van der Waals surface area contributed by atoms with Crippen molar-refractivity contribution in [1.82, 2.24) is 0 Å². The van der Waals surface area contributed by atoms with E-state index in [0.717, 1.165) is 8.95 Å². The van der Waals surface area contributed by atoms with Crippen LogP contribution in [0.1, 0.15) is 0 Å². The highest BCUT2D eigenvalue weighted by Crippen LogP contribution is 2.27. The van der Waals surface area contributed by atoms with Gasteiger partial charge in [-0.3, -0.25) is 0 Å². The van der Waals surface area contributed by atoms with E-state index in [1.807, 2.05) is 12.1 Å². The van der Waals surface area contributed by atoms with Crippen LogP contribution >= 0.6 is 31.9 Å². The Labute approximate surface area is 98.0 Å². The lowest BCUT2D eigenvalue weighted by Crippen LogP contribution is -2.20. The third-order valence-electron chi connectivity index (χ3n) is 1.40. The maximum Gasteiger partial charge on any atom is 0.177 e.